The second kappa shape index (κ2) is 6.61. The lowest BCUT2D eigenvalue weighted by Gasteiger charge is -2.25. The van der Waals surface area contributed by atoms with Crippen molar-refractivity contribution in [2.24, 2.45) is 0 Å². The van der Waals surface area contributed by atoms with Crippen LogP contribution in [0.2, 0.25) is 0 Å². The van der Waals surface area contributed by atoms with Crippen LogP contribution in [-0.2, 0) is 0 Å². The Morgan fingerprint density at radius 3 is 2.76 bits per heavy atom. The maximum atomic E-state index is 5.52. The van der Waals surface area contributed by atoms with Crippen LogP contribution in [0.25, 0.3) is 5.69 Å². The van der Waals surface area contributed by atoms with Gasteiger partial charge in [0.15, 0.2) is 5.11 Å². The molecule has 2 atom stereocenters. The summed E-state index contributed by atoms with van der Waals surface area (Å²) < 4.78 is 3.26. The number of likely N-dealkylation sites (N-methyl/N-ethyl adjacent to an activating group) is 1. The van der Waals surface area contributed by atoms with Gasteiger partial charge in [-0.25, -0.2) is 0 Å². The Hall–Kier alpha value is -2.18. The maximum absolute atomic E-state index is 5.52. The van der Waals surface area contributed by atoms with E-state index in [0.717, 1.165) is 21.0 Å². The number of thiocarbonyl (C=S) groups is 1. The Balaban J connectivity index is 1.80. The van der Waals surface area contributed by atoms with E-state index >= 15 is 0 Å². The van der Waals surface area contributed by atoms with Crippen LogP contribution >= 0.6 is 28.1 Å². The molecule has 0 spiro atoms. The summed E-state index contributed by atoms with van der Waals surface area (Å²) in [6.07, 6.45) is 3.91. The van der Waals surface area contributed by atoms with Crippen LogP contribution in [0.3, 0.4) is 0 Å². The predicted octanol–water partition coefficient (Wildman–Crippen LogP) is 4.24. The fourth-order valence-electron chi connectivity index (χ4n) is 3.32. The van der Waals surface area contributed by atoms with Crippen molar-refractivity contribution in [3.05, 3.63) is 82.9 Å². The molecule has 25 heavy (non-hydrogen) atoms. The third kappa shape index (κ3) is 2.96. The van der Waals surface area contributed by atoms with Crippen molar-refractivity contribution in [3.8, 4) is 5.69 Å². The number of pyridine rings is 1. The number of hydrogen-bond donors (Lipinski definition) is 1. The predicted molar refractivity (Wildman–Crippen MR) is 107 cm³/mol. The van der Waals surface area contributed by atoms with Gasteiger partial charge in [0, 0.05) is 35.3 Å². The molecule has 1 fully saturated rings. The Kier molecular flexibility index (Phi) is 4.31. The lowest BCUT2D eigenvalue weighted by molar-refractivity contribution is 0.357. The minimum atomic E-state index is 0.0134. The van der Waals surface area contributed by atoms with Crippen molar-refractivity contribution in [2.45, 2.75) is 12.1 Å². The molecule has 0 saturated carbocycles. The Morgan fingerprint density at radius 2 is 2.00 bits per heavy atom. The van der Waals surface area contributed by atoms with Crippen LogP contribution in [0.15, 0.2) is 71.5 Å². The molecule has 1 aromatic carbocycles. The number of benzene rings is 1. The van der Waals surface area contributed by atoms with E-state index in [1.54, 1.807) is 0 Å². The molecule has 0 aliphatic carbocycles. The van der Waals surface area contributed by atoms with E-state index in [9.17, 15) is 0 Å². The van der Waals surface area contributed by atoms with E-state index < -0.39 is 0 Å². The van der Waals surface area contributed by atoms with Crippen LogP contribution in [0.4, 0.5) is 0 Å². The van der Waals surface area contributed by atoms with Crippen molar-refractivity contribution in [2.75, 3.05) is 7.05 Å². The van der Waals surface area contributed by atoms with E-state index in [1.165, 1.54) is 5.69 Å². The van der Waals surface area contributed by atoms with Gasteiger partial charge in [-0.15, -0.1) is 0 Å². The lowest BCUT2D eigenvalue weighted by Crippen LogP contribution is -2.25. The van der Waals surface area contributed by atoms with Crippen LogP contribution in [0.1, 0.15) is 23.5 Å². The highest BCUT2D eigenvalue weighted by Gasteiger charge is 2.39. The number of aromatic nitrogens is 2. The average Bonchev–Trinajstić information content (AvgIpc) is 3.21. The molecular weight excluding hydrogens is 396 g/mol. The first-order valence-electron chi connectivity index (χ1n) is 8.02. The van der Waals surface area contributed by atoms with Gasteiger partial charge in [0.2, 0.25) is 0 Å². The standard InChI is InChI=1S/C19H17BrN4S/c1-23-18(17(22-19(23)25)15-8-2-3-10-21-15)16-9-5-11-24(16)14-7-4-6-13(20)12-14/h2-12,17-18H,1H3,(H,22,25)/t17-,18-/m0/s1. The Labute approximate surface area is 160 Å². The summed E-state index contributed by atoms with van der Waals surface area (Å²) in [4.78, 5) is 6.65. The zero-order valence-corrected chi connectivity index (χ0v) is 16.0. The number of halogens is 1. The number of rotatable bonds is 3. The summed E-state index contributed by atoms with van der Waals surface area (Å²) in [6.45, 7) is 0. The lowest BCUT2D eigenvalue weighted by atomic mass is 10.0. The molecule has 1 aliphatic heterocycles. The molecule has 1 saturated heterocycles. The molecular formula is C19H17BrN4S. The average molecular weight is 413 g/mol. The van der Waals surface area contributed by atoms with E-state index in [-0.39, 0.29) is 12.1 Å². The van der Waals surface area contributed by atoms with Crippen LogP contribution < -0.4 is 5.32 Å². The van der Waals surface area contributed by atoms with E-state index in [0.29, 0.717) is 0 Å². The summed E-state index contributed by atoms with van der Waals surface area (Å²) in [5, 5.41) is 4.16. The third-order valence-corrected chi connectivity index (χ3v) is 5.41. The highest BCUT2D eigenvalue weighted by Crippen LogP contribution is 2.38. The van der Waals surface area contributed by atoms with Gasteiger partial charge in [-0.1, -0.05) is 28.1 Å². The van der Waals surface area contributed by atoms with Crippen LogP contribution in [0, 0.1) is 0 Å². The minimum Gasteiger partial charge on any atom is -0.352 e. The second-order valence-corrected chi connectivity index (χ2v) is 7.32. The quantitative estimate of drug-likeness (QED) is 0.652. The van der Waals surface area contributed by atoms with E-state index in [1.807, 2.05) is 43.6 Å². The molecule has 2 aromatic heterocycles. The van der Waals surface area contributed by atoms with Gasteiger partial charge in [-0.05, 0) is 54.7 Å². The fourth-order valence-corrected chi connectivity index (χ4v) is 3.95. The molecule has 126 valence electrons. The number of hydrogen-bond acceptors (Lipinski definition) is 2. The Bertz CT molecular complexity index is 909. The fraction of sp³-hybridized carbons (Fsp3) is 0.158. The molecule has 0 bridgehead atoms. The molecule has 0 unspecified atom stereocenters. The van der Waals surface area contributed by atoms with Gasteiger partial charge in [-0.2, -0.15) is 0 Å². The summed E-state index contributed by atoms with van der Waals surface area (Å²) in [5.41, 5.74) is 3.27. The third-order valence-electron chi connectivity index (χ3n) is 4.51. The number of nitrogens with zero attached hydrogens (tertiary/aromatic N) is 3. The van der Waals surface area contributed by atoms with Crippen molar-refractivity contribution < 1.29 is 0 Å². The summed E-state index contributed by atoms with van der Waals surface area (Å²) in [5.74, 6) is 0. The molecule has 0 amide bonds. The minimum absolute atomic E-state index is 0.0134. The summed E-state index contributed by atoms with van der Waals surface area (Å²) in [6, 6.07) is 18.6. The largest absolute Gasteiger partial charge is 0.352 e. The molecule has 6 heteroatoms. The highest BCUT2D eigenvalue weighted by molar-refractivity contribution is 9.10. The van der Waals surface area contributed by atoms with Crippen molar-refractivity contribution in [3.63, 3.8) is 0 Å². The normalized spacial score (nSPS) is 19.9. The smallest absolute Gasteiger partial charge is 0.169 e. The molecule has 3 heterocycles. The van der Waals surface area contributed by atoms with Crippen molar-refractivity contribution >= 4 is 33.3 Å². The molecule has 4 nitrogen and oxygen atoms in total. The monoisotopic (exact) mass is 412 g/mol. The topological polar surface area (TPSA) is 33.1 Å². The first-order chi connectivity index (χ1) is 12.1. The van der Waals surface area contributed by atoms with Crippen LogP contribution in [-0.4, -0.2) is 26.6 Å². The van der Waals surface area contributed by atoms with Gasteiger partial charge in [-0.3, -0.25) is 4.98 Å². The summed E-state index contributed by atoms with van der Waals surface area (Å²) in [7, 11) is 2.03. The molecule has 3 aromatic rings. The molecule has 1 N–H and O–H groups in total. The molecule has 1 aliphatic rings. The van der Waals surface area contributed by atoms with Crippen molar-refractivity contribution in [1.82, 2.24) is 19.8 Å². The van der Waals surface area contributed by atoms with Gasteiger partial charge < -0.3 is 14.8 Å². The number of nitrogens with one attached hydrogen (secondary N) is 1. The first-order valence-corrected chi connectivity index (χ1v) is 9.23. The first kappa shape index (κ1) is 16.3. The maximum Gasteiger partial charge on any atom is 0.169 e. The van der Waals surface area contributed by atoms with Gasteiger partial charge >= 0.3 is 0 Å². The Morgan fingerprint density at radius 1 is 1.12 bits per heavy atom. The van der Waals surface area contributed by atoms with Gasteiger partial charge in [0.05, 0.1) is 17.8 Å². The van der Waals surface area contributed by atoms with Gasteiger partial charge in [0.1, 0.15) is 0 Å². The zero-order chi connectivity index (χ0) is 17.4. The molecule has 4 rings (SSSR count). The van der Waals surface area contributed by atoms with Crippen molar-refractivity contribution in [1.29, 1.82) is 0 Å². The molecule has 0 radical (unpaired) electrons. The SMILES string of the molecule is CN1C(=S)N[C@@H](c2ccccn2)[C@@H]1c1cccn1-c1cccc(Br)c1. The second-order valence-electron chi connectivity index (χ2n) is 6.02. The van der Waals surface area contributed by atoms with E-state index in [4.69, 9.17) is 12.2 Å². The highest BCUT2D eigenvalue weighted by atomic mass is 79.9. The zero-order valence-electron chi connectivity index (χ0n) is 13.6. The van der Waals surface area contributed by atoms with Gasteiger partial charge in [0.25, 0.3) is 0 Å². The van der Waals surface area contributed by atoms with Crippen LogP contribution in [0.5, 0.6) is 0 Å². The summed E-state index contributed by atoms with van der Waals surface area (Å²) >= 11 is 9.08. The van der Waals surface area contributed by atoms with E-state index in [2.05, 4.69) is 66.2 Å².